The van der Waals surface area contributed by atoms with Crippen molar-refractivity contribution in [3.05, 3.63) is 74.8 Å². The molecule has 0 radical (unpaired) electrons. The van der Waals surface area contributed by atoms with E-state index >= 15 is 0 Å². The molecule has 6 nitrogen and oxygen atoms in total. The maximum atomic E-state index is 13.9. The normalized spacial score (nSPS) is 15.2. The van der Waals surface area contributed by atoms with Gasteiger partial charge in [-0.1, -0.05) is 60.3 Å². The largest absolute Gasteiger partial charge is 0.361 e. The van der Waals surface area contributed by atoms with Crippen LogP contribution in [0.2, 0.25) is 0 Å². The molecule has 1 N–H and O–H groups in total. The summed E-state index contributed by atoms with van der Waals surface area (Å²) in [6.45, 7) is 5.84. The fourth-order valence-corrected chi connectivity index (χ4v) is 5.23. The lowest BCUT2D eigenvalue weighted by Crippen LogP contribution is -2.47. The van der Waals surface area contributed by atoms with Crippen molar-refractivity contribution in [2.24, 2.45) is 0 Å². The quantitative estimate of drug-likeness (QED) is 0.500. The molecule has 3 aromatic rings. The van der Waals surface area contributed by atoms with Gasteiger partial charge >= 0.3 is 0 Å². The van der Waals surface area contributed by atoms with Crippen LogP contribution in [-0.4, -0.2) is 27.9 Å². The van der Waals surface area contributed by atoms with Crippen molar-refractivity contribution in [2.45, 2.75) is 71.5 Å². The molecule has 1 aliphatic carbocycles. The summed E-state index contributed by atoms with van der Waals surface area (Å²) in [5.41, 5.74) is 2.86. The molecule has 0 saturated heterocycles. The molecule has 1 aromatic carbocycles. The van der Waals surface area contributed by atoms with E-state index in [1.165, 1.54) is 6.42 Å². The van der Waals surface area contributed by atoms with Gasteiger partial charge in [0.25, 0.3) is 5.91 Å². The van der Waals surface area contributed by atoms with Crippen molar-refractivity contribution in [1.29, 1.82) is 0 Å². The number of nitrogens with zero attached hydrogens (tertiary/aromatic N) is 2. The third-order valence-electron chi connectivity index (χ3n) is 6.32. The Labute approximate surface area is 199 Å². The first kappa shape index (κ1) is 23.2. The average molecular weight is 466 g/mol. The number of benzene rings is 1. The minimum Gasteiger partial charge on any atom is -0.361 e. The van der Waals surface area contributed by atoms with Crippen LogP contribution in [0.3, 0.4) is 0 Å². The maximum Gasteiger partial charge on any atom is 0.260 e. The first-order chi connectivity index (χ1) is 15.9. The van der Waals surface area contributed by atoms with Gasteiger partial charge < -0.3 is 14.7 Å². The Hall–Kier alpha value is -2.93. The Morgan fingerprint density at radius 1 is 1.12 bits per heavy atom. The number of aromatic nitrogens is 1. The van der Waals surface area contributed by atoms with Crippen molar-refractivity contribution < 1.29 is 14.1 Å². The fraction of sp³-hybridized carbons (Fsp3) is 0.423. The summed E-state index contributed by atoms with van der Waals surface area (Å²) >= 11 is 1.57. The maximum absolute atomic E-state index is 13.9. The molecular weight excluding hydrogens is 434 g/mol. The first-order valence-corrected chi connectivity index (χ1v) is 12.4. The third kappa shape index (κ3) is 5.36. The monoisotopic (exact) mass is 465 g/mol. The van der Waals surface area contributed by atoms with Crippen LogP contribution in [0.15, 0.2) is 46.3 Å². The minimum atomic E-state index is -0.754. The number of aryl methyl sites for hydroxylation is 3. The Morgan fingerprint density at radius 2 is 1.85 bits per heavy atom. The molecule has 174 valence electrons. The minimum absolute atomic E-state index is 0.137. The van der Waals surface area contributed by atoms with E-state index in [1.807, 2.05) is 48.7 Å². The molecule has 2 aromatic heterocycles. The van der Waals surface area contributed by atoms with Crippen LogP contribution >= 0.6 is 11.3 Å². The smallest absolute Gasteiger partial charge is 0.260 e. The zero-order chi connectivity index (χ0) is 23.4. The molecule has 0 aliphatic heterocycles. The van der Waals surface area contributed by atoms with Gasteiger partial charge in [-0.05, 0) is 50.6 Å². The van der Waals surface area contributed by atoms with E-state index in [-0.39, 0.29) is 17.9 Å². The summed E-state index contributed by atoms with van der Waals surface area (Å²) in [5, 5.41) is 9.21. The number of nitrogens with one attached hydrogen (secondary N) is 1. The first-order valence-electron chi connectivity index (χ1n) is 11.6. The van der Waals surface area contributed by atoms with Crippen molar-refractivity contribution in [3.8, 4) is 0 Å². The van der Waals surface area contributed by atoms with Crippen molar-refractivity contribution in [2.75, 3.05) is 0 Å². The predicted octanol–water partition coefficient (Wildman–Crippen LogP) is 5.49. The summed E-state index contributed by atoms with van der Waals surface area (Å²) in [7, 11) is 0. The van der Waals surface area contributed by atoms with Crippen LogP contribution < -0.4 is 5.32 Å². The van der Waals surface area contributed by atoms with Crippen LogP contribution in [0.5, 0.6) is 0 Å². The highest BCUT2D eigenvalue weighted by atomic mass is 32.1. The lowest BCUT2D eigenvalue weighted by atomic mass is 9.94. The highest BCUT2D eigenvalue weighted by Crippen LogP contribution is 2.30. The van der Waals surface area contributed by atoms with E-state index < -0.39 is 6.04 Å². The third-order valence-corrected chi connectivity index (χ3v) is 7.18. The molecule has 1 atom stereocenters. The van der Waals surface area contributed by atoms with Crippen LogP contribution in [-0.2, 0) is 11.3 Å². The van der Waals surface area contributed by atoms with Crippen LogP contribution in [0.25, 0.3) is 0 Å². The fourth-order valence-electron chi connectivity index (χ4n) is 4.53. The predicted molar refractivity (Wildman–Crippen MR) is 129 cm³/mol. The Balaban J connectivity index is 1.75. The second-order valence-electron chi connectivity index (χ2n) is 8.87. The number of carbonyl (C=O) groups excluding carboxylic acids is 2. The van der Waals surface area contributed by atoms with Gasteiger partial charge in [0.1, 0.15) is 17.4 Å². The van der Waals surface area contributed by atoms with E-state index in [0.717, 1.165) is 41.7 Å². The summed E-state index contributed by atoms with van der Waals surface area (Å²) in [5.74, 6) is 0.0791. The average Bonchev–Trinajstić information content (AvgIpc) is 3.44. The summed E-state index contributed by atoms with van der Waals surface area (Å²) in [6.07, 6.45) is 5.42. The summed E-state index contributed by atoms with van der Waals surface area (Å²) in [4.78, 5) is 30.4. The number of hydrogen-bond acceptors (Lipinski definition) is 5. The molecule has 7 heteroatoms. The van der Waals surface area contributed by atoms with Gasteiger partial charge in [0, 0.05) is 10.9 Å². The van der Waals surface area contributed by atoms with E-state index in [2.05, 4.69) is 10.5 Å². The molecule has 1 saturated carbocycles. The number of carbonyl (C=O) groups is 2. The molecule has 33 heavy (non-hydrogen) atoms. The number of rotatable bonds is 7. The number of amides is 2. The topological polar surface area (TPSA) is 75.4 Å². The standard InChI is InChI=1S/C26H31N3O3S/c1-17-11-13-20(14-12-17)24(25(30)27-21-8-5-4-6-9-21)29(16-22-10-7-15-33-22)26(31)23-18(2)28-32-19(23)3/h7,10-15,21,24H,4-6,8-9,16H2,1-3H3,(H,27,30). The molecule has 1 fully saturated rings. The highest BCUT2D eigenvalue weighted by Gasteiger charge is 2.35. The molecule has 1 aliphatic rings. The molecule has 2 heterocycles. The number of hydrogen-bond donors (Lipinski definition) is 1. The Morgan fingerprint density at radius 3 is 2.45 bits per heavy atom. The van der Waals surface area contributed by atoms with Gasteiger partial charge in [0.05, 0.1) is 12.2 Å². The van der Waals surface area contributed by atoms with Crippen molar-refractivity contribution in [1.82, 2.24) is 15.4 Å². The lowest BCUT2D eigenvalue weighted by Gasteiger charge is -2.33. The van der Waals surface area contributed by atoms with Crippen LogP contribution in [0, 0.1) is 20.8 Å². The second kappa shape index (κ2) is 10.3. The van der Waals surface area contributed by atoms with Gasteiger partial charge in [0.15, 0.2) is 0 Å². The van der Waals surface area contributed by atoms with Crippen LogP contribution in [0.4, 0.5) is 0 Å². The zero-order valence-electron chi connectivity index (χ0n) is 19.5. The van der Waals surface area contributed by atoms with E-state index in [0.29, 0.717) is 23.6 Å². The molecule has 0 bridgehead atoms. The van der Waals surface area contributed by atoms with E-state index in [1.54, 1.807) is 30.1 Å². The van der Waals surface area contributed by atoms with Gasteiger partial charge in [-0.15, -0.1) is 11.3 Å². The molecule has 1 unspecified atom stereocenters. The lowest BCUT2D eigenvalue weighted by molar-refractivity contribution is -0.127. The van der Waals surface area contributed by atoms with Crippen LogP contribution in [0.1, 0.15) is 76.0 Å². The molecule has 2 amide bonds. The van der Waals surface area contributed by atoms with E-state index in [4.69, 9.17) is 4.52 Å². The Kier molecular flexibility index (Phi) is 7.28. The van der Waals surface area contributed by atoms with Gasteiger partial charge in [-0.25, -0.2) is 0 Å². The van der Waals surface area contributed by atoms with Gasteiger partial charge in [-0.3, -0.25) is 9.59 Å². The van der Waals surface area contributed by atoms with Gasteiger partial charge in [0.2, 0.25) is 5.91 Å². The van der Waals surface area contributed by atoms with Crippen molar-refractivity contribution >= 4 is 23.2 Å². The number of thiophene rings is 1. The second-order valence-corrected chi connectivity index (χ2v) is 9.90. The zero-order valence-corrected chi connectivity index (χ0v) is 20.3. The molecule has 0 spiro atoms. The molecular formula is C26H31N3O3S. The van der Waals surface area contributed by atoms with Crippen molar-refractivity contribution in [3.63, 3.8) is 0 Å². The Bertz CT molecular complexity index is 1060. The molecule has 4 rings (SSSR count). The van der Waals surface area contributed by atoms with Gasteiger partial charge in [-0.2, -0.15) is 0 Å². The van der Waals surface area contributed by atoms with E-state index in [9.17, 15) is 9.59 Å². The highest BCUT2D eigenvalue weighted by molar-refractivity contribution is 7.09. The SMILES string of the molecule is Cc1ccc(C(C(=O)NC2CCCCC2)N(Cc2cccs2)C(=O)c2c(C)noc2C)cc1. The summed E-state index contributed by atoms with van der Waals surface area (Å²) in [6, 6.07) is 11.2. The summed E-state index contributed by atoms with van der Waals surface area (Å²) < 4.78 is 5.29.